The Bertz CT molecular complexity index is 695. The summed E-state index contributed by atoms with van der Waals surface area (Å²) >= 11 is 0. The molecule has 0 fully saturated rings. The zero-order valence-electron chi connectivity index (χ0n) is 13.2. The minimum Gasteiger partial charge on any atom is -0.460 e. The SMILES string of the molecule is Cc1ocnc1-c1ccccc1C(=O)CC(=O)OC(C)(C)C. The van der Waals surface area contributed by atoms with Crippen LogP contribution in [0, 0.1) is 6.92 Å². The van der Waals surface area contributed by atoms with Gasteiger partial charge < -0.3 is 9.15 Å². The second kappa shape index (κ2) is 6.13. The molecule has 0 spiro atoms. The normalized spacial score (nSPS) is 11.3. The Morgan fingerprint density at radius 3 is 2.50 bits per heavy atom. The van der Waals surface area contributed by atoms with E-state index >= 15 is 0 Å². The molecule has 0 atom stereocenters. The molecule has 5 heteroatoms. The molecule has 1 aromatic heterocycles. The number of ether oxygens (including phenoxy) is 1. The number of aromatic nitrogens is 1. The number of Topliss-reactive ketones (excluding diaryl/α,β-unsaturated/α-hetero) is 1. The number of carbonyl (C=O) groups is 2. The first-order valence-electron chi connectivity index (χ1n) is 7.02. The van der Waals surface area contributed by atoms with Gasteiger partial charge >= 0.3 is 5.97 Å². The van der Waals surface area contributed by atoms with Gasteiger partial charge in [-0.3, -0.25) is 9.59 Å². The molecule has 0 radical (unpaired) electrons. The molecule has 0 saturated heterocycles. The summed E-state index contributed by atoms with van der Waals surface area (Å²) in [6.07, 6.45) is 1.03. The van der Waals surface area contributed by atoms with Crippen molar-refractivity contribution >= 4 is 11.8 Å². The minimum absolute atomic E-state index is 0.299. The molecule has 116 valence electrons. The van der Waals surface area contributed by atoms with Crippen LogP contribution >= 0.6 is 0 Å². The first-order valence-corrected chi connectivity index (χ1v) is 7.02. The molecule has 0 bridgehead atoms. The lowest BCUT2D eigenvalue weighted by molar-refractivity contribution is -0.153. The highest BCUT2D eigenvalue weighted by atomic mass is 16.6. The minimum atomic E-state index is -0.612. The Morgan fingerprint density at radius 2 is 1.91 bits per heavy atom. The third-order valence-electron chi connectivity index (χ3n) is 2.95. The molecule has 0 amide bonds. The number of hydrogen-bond acceptors (Lipinski definition) is 5. The molecule has 0 aliphatic heterocycles. The number of carbonyl (C=O) groups excluding carboxylic acids is 2. The quantitative estimate of drug-likeness (QED) is 0.490. The average Bonchev–Trinajstić information content (AvgIpc) is 2.82. The molecular formula is C17H19NO4. The van der Waals surface area contributed by atoms with Gasteiger partial charge in [0.15, 0.2) is 12.2 Å². The zero-order chi connectivity index (χ0) is 16.3. The van der Waals surface area contributed by atoms with Crippen molar-refractivity contribution in [3.05, 3.63) is 42.0 Å². The largest absolute Gasteiger partial charge is 0.460 e. The summed E-state index contributed by atoms with van der Waals surface area (Å²) in [6, 6.07) is 7.03. The number of aryl methyl sites for hydroxylation is 1. The standard InChI is InChI=1S/C17H19NO4/c1-11-16(18-10-21-11)13-8-6-5-7-12(13)14(19)9-15(20)22-17(2,3)4/h5-8,10H,9H2,1-4H3. The monoisotopic (exact) mass is 301 g/mol. The lowest BCUT2D eigenvalue weighted by atomic mass is 9.98. The van der Waals surface area contributed by atoms with Crippen LogP contribution in [0.4, 0.5) is 0 Å². The van der Waals surface area contributed by atoms with Crippen molar-refractivity contribution in [2.24, 2.45) is 0 Å². The van der Waals surface area contributed by atoms with Gasteiger partial charge in [-0.2, -0.15) is 0 Å². The van der Waals surface area contributed by atoms with E-state index < -0.39 is 11.6 Å². The van der Waals surface area contributed by atoms with Crippen LogP contribution in [-0.4, -0.2) is 22.3 Å². The number of benzene rings is 1. The summed E-state index contributed by atoms with van der Waals surface area (Å²) in [6.45, 7) is 7.07. The van der Waals surface area contributed by atoms with Gasteiger partial charge in [-0.1, -0.05) is 24.3 Å². The van der Waals surface area contributed by atoms with Crippen LogP contribution in [0.2, 0.25) is 0 Å². The van der Waals surface area contributed by atoms with Gasteiger partial charge in [0, 0.05) is 11.1 Å². The average molecular weight is 301 g/mol. The van der Waals surface area contributed by atoms with Crippen LogP contribution in [0.1, 0.15) is 43.3 Å². The summed E-state index contributed by atoms with van der Waals surface area (Å²) in [5, 5.41) is 0. The lowest BCUT2D eigenvalue weighted by Crippen LogP contribution is -2.25. The van der Waals surface area contributed by atoms with E-state index in [0.717, 1.165) is 0 Å². The van der Waals surface area contributed by atoms with E-state index in [1.54, 1.807) is 45.9 Å². The van der Waals surface area contributed by atoms with E-state index in [2.05, 4.69) is 4.98 Å². The van der Waals surface area contributed by atoms with Crippen LogP contribution in [0.3, 0.4) is 0 Å². The highest BCUT2D eigenvalue weighted by Gasteiger charge is 2.22. The Hall–Kier alpha value is -2.43. The summed E-state index contributed by atoms with van der Waals surface area (Å²) in [4.78, 5) is 28.4. The van der Waals surface area contributed by atoms with E-state index in [9.17, 15) is 9.59 Å². The summed E-state index contributed by atoms with van der Waals surface area (Å²) < 4.78 is 10.4. The van der Waals surface area contributed by atoms with Crippen LogP contribution in [-0.2, 0) is 9.53 Å². The van der Waals surface area contributed by atoms with E-state index in [0.29, 0.717) is 22.6 Å². The van der Waals surface area contributed by atoms with Gasteiger partial charge in [0.05, 0.1) is 0 Å². The topological polar surface area (TPSA) is 69.4 Å². The number of ketones is 1. The van der Waals surface area contributed by atoms with E-state index in [-0.39, 0.29) is 12.2 Å². The maximum atomic E-state index is 12.4. The van der Waals surface area contributed by atoms with Crippen molar-refractivity contribution in [3.8, 4) is 11.3 Å². The Kier molecular flexibility index (Phi) is 4.45. The van der Waals surface area contributed by atoms with Crippen molar-refractivity contribution in [3.63, 3.8) is 0 Å². The van der Waals surface area contributed by atoms with Gasteiger partial charge in [0.1, 0.15) is 23.5 Å². The molecule has 0 saturated carbocycles. The molecule has 0 aliphatic carbocycles. The van der Waals surface area contributed by atoms with E-state index in [1.807, 2.05) is 6.07 Å². The Balaban J connectivity index is 2.25. The molecule has 0 aliphatic rings. The fourth-order valence-electron chi connectivity index (χ4n) is 2.10. The van der Waals surface area contributed by atoms with Crippen LogP contribution in [0.5, 0.6) is 0 Å². The molecular weight excluding hydrogens is 282 g/mol. The predicted octanol–water partition coefficient (Wildman–Crippen LogP) is 3.56. The zero-order valence-corrected chi connectivity index (χ0v) is 13.2. The van der Waals surface area contributed by atoms with Crippen molar-refractivity contribution < 1.29 is 18.7 Å². The molecule has 2 aromatic rings. The number of rotatable bonds is 4. The van der Waals surface area contributed by atoms with Crippen LogP contribution < -0.4 is 0 Å². The molecule has 22 heavy (non-hydrogen) atoms. The molecule has 1 heterocycles. The van der Waals surface area contributed by atoms with Gasteiger partial charge in [0.2, 0.25) is 0 Å². The third kappa shape index (κ3) is 3.81. The van der Waals surface area contributed by atoms with Crippen molar-refractivity contribution in [1.29, 1.82) is 0 Å². The highest BCUT2D eigenvalue weighted by molar-refractivity contribution is 6.09. The van der Waals surface area contributed by atoms with Crippen LogP contribution in [0.15, 0.2) is 35.1 Å². The second-order valence-electron chi connectivity index (χ2n) is 5.99. The fraction of sp³-hybridized carbons (Fsp3) is 0.353. The fourth-order valence-corrected chi connectivity index (χ4v) is 2.10. The molecule has 2 rings (SSSR count). The third-order valence-corrected chi connectivity index (χ3v) is 2.95. The predicted molar refractivity (Wildman–Crippen MR) is 81.5 cm³/mol. The Morgan fingerprint density at radius 1 is 1.23 bits per heavy atom. The Labute approximate surface area is 129 Å². The summed E-state index contributed by atoms with van der Waals surface area (Å²) in [5.74, 6) is -0.214. The highest BCUT2D eigenvalue weighted by Crippen LogP contribution is 2.26. The number of nitrogens with zero attached hydrogens (tertiary/aromatic N) is 1. The maximum absolute atomic E-state index is 12.4. The first kappa shape index (κ1) is 15.9. The maximum Gasteiger partial charge on any atom is 0.314 e. The van der Waals surface area contributed by atoms with Gasteiger partial charge in [-0.15, -0.1) is 0 Å². The van der Waals surface area contributed by atoms with Gasteiger partial charge in [0.25, 0.3) is 0 Å². The summed E-state index contributed by atoms with van der Waals surface area (Å²) in [5.41, 5.74) is 1.08. The lowest BCUT2D eigenvalue weighted by Gasteiger charge is -2.19. The smallest absolute Gasteiger partial charge is 0.314 e. The second-order valence-corrected chi connectivity index (χ2v) is 5.99. The van der Waals surface area contributed by atoms with E-state index in [1.165, 1.54) is 6.39 Å². The first-order chi connectivity index (χ1) is 10.3. The van der Waals surface area contributed by atoms with E-state index in [4.69, 9.17) is 9.15 Å². The molecule has 1 aromatic carbocycles. The number of oxazole rings is 1. The van der Waals surface area contributed by atoms with Crippen molar-refractivity contribution in [2.45, 2.75) is 39.7 Å². The summed E-state index contributed by atoms with van der Waals surface area (Å²) in [7, 11) is 0. The van der Waals surface area contributed by atoms with Gasteiger partial charge in [-0.25, -0.2) is 4.98 Å². The van der Waals surface area contributed by atoms with Crippen LogP contribution in [0.25, 0.3) is 11.3 Å². The molecule has 0 N–H and O–H groups in total. The molecule has 5 nitrogen and oxygen atoms in total. The molecule has 0 unspecified atom stereocenters. The number of hydrogen-bond donors (Lipinski definition) is 0. The van der Waals surface area contributed by atoms with Gasteiger partial charge in [-0.05, 0) is 27.7 Å². The van der Waals surface area contributed by atoms with Crippen molar-refractivity contribution in [1.82, 2.24) is 4.98 Å². The van der Waals surface area contributed by atoms with Crippen molar-refractivity contribution in [2.75, 3.05) is 0 Å². The number of esters is 1.